The molecule has 0 radical (unpaired) electrons. The van der Waals surface area contributed by atoms with Gasteiger partial charge < -0.3 is 50.5 Å². The van der Waals surface area contributed by atoms with E-state index < -0.39 is 74.2 Å². The molecule has 1 saturated heterocycles. The number of unbranched alkanes of at least 4 members (excludes halogenated alkanes) is 39. The largest absolute Gasteiger partial charge is 0.394 e. The van der Waals surface area contributed by atoms with Crippen molar-refractivity contribution in [1.82, 2.24) is 5.32 Å². The predicted octanol–water partition coefficient (Wildman–Crippen LogP) is 14.1. The Bertz CT molecular complexity index is 1250. The van der Waals surface area contributed by atoms with Crippen LogP contribution < -0.4 is 5.32 Å². The van der Waals surface area contributed by atoms with Crippen LogP contribution >= 0.6 is 0 Å². The lowest BCUT2D eigenvalue weighted by atomic mass is 9.98. The minimum atomic E-state index is -1.67. The third-order valence-electron chi connectivity index (χ3n) is 15.5. The molecule has 1 aliphatic heterocycles. The van der Waals surface area contributed by atoms with E-state index in [1.807, 2.05) is 0 Å². The van der Waals surface area contributed by atoms with Gasteiger partial charge >= 0.3 is 0 Å². The molecule has 1 aliphatic rings. The summed E-state index contributed by atoms with van der Waals surface area (Å²) in [6, 6.07) is -1.19. The summed E-state index contributed by atoms with van der Waals surface area (Å²) >= 11 is 0. The van der Waals surface area contributed by atoms with E-state index >= 15 is 0 Å². The molecule has 0 aromatic carbocycles. The molecule has 0 bridgehead atoms. The van der Waals surface area contributed by atoms with Crippen LogP contribution in [0.4, 0.5) is 0 Å². The summed E-state index contributed by atoms with van der Waals surface area (Å²) in [6.07, 6.45) is 52.4. The number of rotatable bonds is 55. The van der Waals surface area contributed by atoms with Gasteiger partial charge in [-0.25, -0.2) is 0 Å². The number of amides is 1. The minimum absolute atomic E-state index is 0.249. The summed E-state index contributed by atoms with van der Waals surface area (Å²) in [6.45, 7) is 3.48. The monoisotopic (exact) mass is 1050 g/mol. The molecule has 11 heteroatoms. The molecule has 1 rings (SSSR count). The van der Waals surface area contributed by atoms with Crippen LogP contribution in [0.1, 0.15) is 303 Å². The van der Waals surface area contributed by atoms with Gasteiger partial charge in [0.15, 0.2) is 6.29 Å². The highest BCUT2D eigenvalue weighted by Gasteiger charge is 2.44. The van der Waals surface area contributed by atoms with Crippen molar-refractivity contribution in [3.05, 3.63) is 24.3 Å². The van der Waals surface area contributed by atoms with Crippen molar-refractivity contribution in [3.63, 3.8) is 0 Å². The molecule has 0 saturated carbocycles. The fraction of sp³-hybridized carbons (Fsp3) is 0.921. The molecule has 0 aromatic rings. The molecule has 9 atom stereocenters. The maximum absolute atomic E-state index is 13.2. The summed E-state index contributed by atoms with van der Waals surface area (Å²) in [5, 5.41) is 76.3. The zero-order valence-electron chi connectivity index (χ0n) is 48.1. The molecule has 1 amide bonds. The van der Waals surface area contributed by atoms with Crippen molar-refractivity contribution in [3.8, 4) is 0 Å². The molecule has 8 N–H and O–H groups in total. The number of nitrogens with one attached hydrogen (secondary N) is 1. The van der Waals surface area contributed by atoms with E-state index in [9.17, 15) is 40.5 Å². The quantitative estimate of drug-likeness (QED) is 0.0215. The van der Waals surface area contributed by atoms with Gasteiger partial charge in [-0.15, -0.1) is 0 Å². The van der Waals surface area contributed by atoms with Crippen LogP contribution in [0.25, 0.3) is 0 Å². The Morgan fingerprint density at radius 2 is 0.811 bits per heavy atom. The summed E-state index contributed by atoms with van der Waals surface area (Å²) in [7, 11) is 0. The van der Waals surface area contributed by atoms with Crippen LogP contribution in [0, 0.1) is 0 Å². The lowest BCUT2D eigenvalue weighted by Crippen LogP contribution is -2.60. The van der Waals surface area contributed by atoms with E-state index in [0.717, 1.165) is 38.5 Å². The Hall–Kier alpha value is -1.41. The fourth-order valence-electron chi connectivity index (χ4n) is 10.3. The van der Waals surface area contributed by atoms with Crippen LogP contribution in [-0.2, 0) is 14.3 Å². The first-order valence-corrected chi connectivity index (χ1v) is 31.7. The van der Waals surface area contributed by atoms with E-state index in [4.69, 9.17) is 9.47 Å². The molecule has 1 heterocycles. The minimum Gasteiger partial charge on any atom is -0.394 e. The van der Waals surface area contributed by atoms with Crippen LogP contribution in [0.15, 0.2) is 24.3 Å². The zero-order chi connectivity index (χ0) is 54.0. The van der Waals surface area contributed by atoms with E-state index in [1.54, 1.807) is 0 Å². The number of carbonyl (C=O) groups is 1. The van der Waals surface area contributed by atoms with Crippen molar-refractivity contribution < 1.29 is 50.0 Å². The first-order chi connectivity index (χ1) is 36.2. The van der Waals surface area contributed by atoms with Crippen LogP contribution in [0.3, 0.4) is 0 Å². The molecular weight excluding hydrogens is 931 g/mol. The van der Waals surface area contributed by atoms with Gasteiger partial charge in [0.2, 0.25) is 5.91 Å². The van der Waals surface area contributed by atoms with Crippen molar-refractivity contribution in [2.45, 2.75) is 358 Å². The third kappa shape index (κ3) is 39.9. The second kappa shape index (κ2) is 52.3. The number of hydrogen-bond donors (Lipinski definition) is 8. The first kappa shape index (κ1) is 70.6. The average molecular weight is 1050 g/mol. The summed E-state index contributed by atoms with van der Waals surface area (Å²) in [5.74, 6) is -0.704. The van der Waals surface area contributed by atoms with Gasteiger partial charge in [-0.1, -0.05) is 276 Å². The lowest BCUT2D eigenvalue weighted by Gasteiger charge is -2.40. The SMILES string of the molecule is CCCCCCCCCCCCCCCC/C=C/CC/C=C/CCCC(O)C(O)C(COC1OC(CO)C(O)C(O)C1O)NC(=O)C(O)CCCCCCCCCCCCCCCCCCCCCCCCCC. The third-order valence-corrected chi connectivity index (χ3v) is 15.5. The number of aliphatic hydroxyl groups is 7. The molecule has 74 heavy (non-hydrogen) atoms. The van der Waals surface area contributed by atoms with Crippen LogP contribution in [-0.4, -0.2) is 110 Å². The summed E-state index contributed by atoms with van der Waals surface area (Å²) in [4.78, 5) is 13.2. The molecule has 9 unspecified atom stereocenters. The zero-order valence-corrected chi connectivity index (χ0v) is 48.1. The Balaban J connectivity index is 2.29. The second-order valence-electron chi connectivity index (χ2n) is 22.5. The van der Waals surface area contributed by atoms with E-state index in [-0.39, 0.29) is 12.8 Å². The number of aliphatic hydroxyl groups excluding tert-OH is 7. The van der Waals surface area contributed by atoms with Gasteiger partial charge in [-0.05, 0) is 51.4 Å². The number of hydrogen-bond acceptors (Lipinski definition) is 10. The Morgan fingerprint density at radius 1 is 0.459 bits per heavy atom. The lowest BCUT2D eigenvalue weighted by molar-refractivity contribution is -0.303. The number of ether oxygens (including phenoxy) is 2. The molecular formula is C63H121NO10. The Kier molecular flexibility index (Phi) is 49.9. The van der Waals surface area contributed by atoms with Gasteiger partial charge in [0.05, 0.1) is 25.4 Å². The number of allylic oxidation sites excluding steroid dienone is 4. The number of carbonyl (C=O) groups excluding carboxylic acids is 1. The Labute approximate surface area is 454 Å². The summed E-state index contributed by atoms with van der Waals surface area (Å²) < 4.78 is 11.2. The average Bonchev–Trinajstić information content (AvgIpc) is 3.40. The molecule has 438 valence electrons. The highest BCUT2D eigenvalue weighted by molar-refractivity contribution is 5.80. The van der Waals surface area contributed by atoms with E-state index in [1.165, 1.54) is 218 Å². The van der Waals surface area contributed by atoms with Crippen molar-refractivity contribution in [1.29, 1.82) is 0 Å². The summed E-state index contributed by atoms with van der Waals surface area (Å²) in [5.41, 5.74) is 0. The van der Waals surface area contributed by atoms with E-state index in [2.05, 4.69) is 43.5 Å². The standard InChI is InChI=1S/C63H121NO10/c1-3-5-7-9-11-13-15-17-19-21-23-25-27-29-31-33-35-37-39-41-43-45-47-49-51-56(67)62(72)64-54(53-73-63-61(71)60(70)59(69)57(52-65)74-63)58(68)55(66)50-48-46-44-42-40-38-36-34-32-30-28-26-24-22-20-18-16-14-12-10-8-6-4-2/h34,36,42,44,54-61,63,65-71H,3-33,35,37-41,43,45-53H2,1-2H3,(H,64,72)/b36-34+,44-42+. The smallest absolute Gasteiger partial charge is 0.249 e. The molecule has 1 fully saturated rings. The Morgan fingerprint density at radius 3 is 1.20 bits per heavy atom. The molecule has 0 aliphatic carbocycles. The second-order valence-corrected chi connectivity index (χ2v) is 22.5. The fourth-order valence-corrected chi connectivity index (χ4v) is 10.3. The molecule has 0 aromatic heterocycles. The maximum atomic E-state index is 13.2. The van der Waals surface area contributed by atoms with Crippen LogP contribution in [0.2, 0.25) is 0 Å². The van der Waals surface area contributed by atoms with Gasteiger partial charge in [0, 0.05) is 0 Å². The van der Waals surface area contributed by atoms with Crippen molar-refractivity contribution >= 4 is 5.91 Å². The van der Waals surface area contributed by atoms with Crippen molar-refractivity contribution in [2.24, 2.45) is 0 Å². The highest BCUT2D eigenvalue weighted by Crippen LogP contribution is 2.24. The van der Waals surface area contributed by atoms with Gasteiger partial charge in [0.1, 0.15) is 36.6 Å². The van der Waals surface area contributed by atoms with E-state index in [0.29, 0.717) is 19.3 Å². The van der Waals surface area contributed by atoms with Gasteiger partial charge in [-0.3, -0.25) is 4.79 Å². The van der Waals surface area contributed by atoms with Crippen LogP contribution in [0.5, 0.6) is 0 Å². The topological polar surface area (TPSA) is 189 Å². The molecule has 11 nitrogen and oxygen atoms in total. The predicted molar refractivity (Wildman–Crippen MR) is 307 cm³/mol. The highest BCUT2D eigenvalue weighted by atomic mass is 16.7. The van der Waals surface area contributed by atoms with Gasteiger partial charge in [-0.2, -0.15) is 0 Å². The normalized spacial score (nSPS) is 19.9. The van der Waals surface area contributed by atoms with Gasteiger partial charge in [0.25, 0.3) is 0 Å². The van der Waals surface area contributed by atoms with Crippen molar-refractivity contribution in [2.75, 3.05) is 13.2 Å². The first-order valence-electron chi connectivity index (χ1n) is 31.7. The molecule has 0 spiro atoms. The maximum Gasteiger partial charge on any atom is 0.249 e.